The Morgan fingerprint density at radius 3 is 2.03 bits per heavy atom. The van der Waals surface area contributed by atoms with Gasteiger partial charge in [0, 0.05) is 15.9 Å². The minimum absolute atomic E-state index is 0.0252. The molecule has 0 aliphatic heterocycles. The van der Waals surface area contributed by atoms with Crippen LogP contribution in [0.3, 0.4) is 0 Å². The van der Waals surface area contributed by atoms with Crippen molar-refractivity contribution in [2.24, 2.45) is 0 Å². The molecule has 4 heteroatoms. The molecule has 0 radical (unpaired) electrons. The van der Waals surface area contributed by atoms with Crippen molar-refractivity contribution in [2.75, 3.05) is 0 Å². The molecule has 30 heavy (non-hydrogen) atoms. The normalized spacial score (nSPS) is 14.6. The Kier molecular flexibility index (Phi) is 9.98. The van der Waals surface area contributed by atoms with Gasteiger partial charge in [-0.15, -0.1) is 0 Å². The molecule has 0 fully saturated rings. The molecule has 0 saturated carbocycles. The van der Waals surface area contributed by atoms with Crippen LogP contribution in [-0.2, 0) is 17.3 Å². The van der Waals surface area contributed by atoms with Gasteiger partial charge in [-0.25, -0.2) is 0 Å². The van der Waals surface area contributed by atoms with Gasteiger partial charge in [0.25, 0.3) is 0 Å². The summed E-state index contributed by atoms with van der Waals surface area (Å²) < 4.78 is 0. The maximum absolute atomic E-state index is 2.50. The number of aryl methyl sites for hydroxylation is 1. The molecular formula is C26H36I2S2. The summed E-state index contributed by atoms with van der Waals surface area (Å²) in [4.78, 5) is 0. The zero-order chi connectivity index (χ0) is 22.7. The molecule has 0 aliphatic rings. The molecule has 0 amide bonds. The molecule has 2 rings (SSSR count). The van der Waals surface area contributed by atoms with Crippen LogP contribution in [0.5, 0.6) is 0 Å². The van der Waals surface area contributed by atoms with Crippen molar-refractivity contribution in [3.63, 3.8) is 0 Å². The highest BCUT2D eigenvalue weighted by Crippen LogP contribution is 2.44. The summed E-state index contributed by atoms with van der Waals surface area (Å²) in [6.07, 6.45) is 2.28. The molecule has 0 aliphatic carbocycles. The van der Waals surface area contributed by atoms with Crippen LogP contribution in [0.2, 0.25) is 0 Å². The summed E-state index contributed by atoms with van der Waals surface area (Å²) in [6.45, 7) is 18.6. The predicted octanol–water partition coefficient (Wildman–Crippen LogP) is 10.2. The van der Waals surface area contributed by atoms with Gasteiger partial charge >= 0.3 is 0 Å². The number of hydrogen-bond donors (Lipinski definition) is 0. The smallest absolute Gasteiger partial charge is 0.0398 e. The van der Waals surface area contributed by atoms with E-state index in [0.29, 0.717) is 10.5 Å². The standard InChI is InChI=1S/C26H36I2S2/c1-9-24(30-28)22-16-21(12-13-23(22)25(4,5)6)26(7,8)20-11-10-17(2)19(15-20)14-18(3)29-27/h10-13,15-16,18,24H,9,14H2,1-8H3. The molecule has 0 heterocycles. The first-order valence-corrected chi connectivity index (χ1v) is 17.6. The average molecular weight is 667 g/mol. The highest BCUT2D eigenvalue weighted by Gasteiger charge is 2.28. The first kappa shape index (κ1) is 26.8. The van der Waals surface area contributed by atoms with Gasteiger partial charge in [0.2, 0.25) is 0 Å². The zero-order valence-corrected chi connectivity index (χ0v) is 25.6. The molecule has 2 atom stereocenters. The number of halogens is 2. The molecule has 0 aromatic heterocycles. The zero-order valence-electron chi connectivity index (χ0n) is 19.6. The molecule has 0 spiro atoms. The molecule has 2 aromatic carbocycles. The molecule has 0 saturated heterocycles. The van der Waals surface area contributed by atoms with Crippen LogP contribution in [0, 0.1) is 6.92 Å². The summed E-state index contributed by atoms with van der Waals surface area (Å²) in [5.41, 5.74) is 8.85. The number of hydrogen-bond acceptors (Lipinski definition) is 2. The topological polar surface area (TPSA) is 0 Å². The van der Waals surface area contributed by atoms with Gasteiger partial charge in [0.15, 0.2) is 0 Å². The van der Waals surface area contributed by atoms with Gasteiger partial charge in [0.1, 0.15) is 0 Å². The van der Waals surface area contributed by atoms with Crippen LogP contribution >= 0.6 is 60.3 Å². The van der Waals surface area contributed by atoms with Gasteiger partial charge < -0.3 is 0 Å². The van der Waals surface area contributed by atoms with Gasteiger partial charge in [-0.05, 0) is 101 Å². The predicted molar refractivity (Wildman–Crippen MR) is 158 cm³/mol. The number of rotatable bonds is 8. The Balaban J connectivity index is 2.57. The second-order valence-corrected chi connectivity index (χ2v) is 14.7. The van der Waals surface area contributed by atoms with E-state index in [1.807, 2.05) is 17.9 Å². The highest BCUT2D eigenvalue weighted by atomic mass is 127. The van der Waals surface area contributed by atoms with E-state index in [9.17, 15) is 0 Å². The van der Waals surface area contributed by atoms with Crippen molar-refractivity contribution in [3.05, 3.63) is 69.8 Å². The molecule has 2 unspecified atom stereocenters. The second-order valence-electron chi connectivity index (χ2n) is 9.91. The molecule has 2 aromatic rings. The van der Waals surface area contributed by atoms with Crippen molar-refractivity contribution in [2.45, 2.75) is 89.6 Å². The Morgan fingerprint density at radius 1 is 0.900 bits per heavy atom. The van der Waals surface area contributed by atoms with E-state index in [1.165, 1.54) is 33.4 Å². The summed E-state index contributed by atoms with van der Waals surface area (Å²) in [6, 6.07) is 14.4. The average Bonchev–Trinajstić information content (AvgIpc) is 2.69. The summed E-state index contributed by atoms with van der Waals surface area (Å²) in [7, 11) is 3.87. The summed E-state index contributed by atoms with van der Waals surface area (Å²) >= 11 is 4.90. The van der Waals surface area contributed by atoms with Crippen molar-refractivity contribution in [3.8, 4) is 0 Å². The van der Waals surface area contributed by atoms with E-state index >= 15 is 0 Å². The molecule has 0 N–H and O–H groups in total. The Hall–Kier alpha value is 0.600. The fourth-order valence-electron chi connectivity index (χ4n) is 4.02. The summed E-state index contributed by atoms with van der Waals surface area (Å²) in [5.74, 6) is 0. The van der Waals surface area contributed by atoms with Crippen LogP contribution in [0.1, 0.15) is 93.5 Å². The quantitative estimate of drug-likeness (QED) is 0.257. The SMILES string of the molecule is CCC(SI)c1cc(C(C)(C)c2ccc(C)c(CC(C)SI)c2)ccc1C(C)(C)C. The maximum atomic E-state index is 2.50. The van der Waals surface area contributed by atoms with Crippen LogP contribution in [0.4, 0.5) is 0 Å². The van der Waals surface area contributed by atoms with E-state index in [1.54, 1.807) is 0 Å². The Bertz CT molecular complexity index is 849. The lowest BCUT2D eigenvalue weighted by Crippen LogP contribution is -2.22. The first-order valence-electron chi connectivity index (χ1n) is 10.7. The lowest BCUT2D eigenvalue weighted by Gasteiger charge is -2.32. The monoisotopic (exact) mass is 666 g/mol. The van der Waals surface area contributed by atoms with E-state index in [-0.39, 0.29) is 10.8 Å². The molecule has 166 valence electrons. The van der Waals surface area contributed by atoms with Gasteiger partial charge in [-0.3, -0.25) is 0 Å². The largest absolute Gasteiger partial charge is 0.0859 e. The van der Waals surface area contributed by atoms with E-state index in [2.05, 4.69) is 134 Å². The third-order valence-corrected chi connectivity index (χ3v) is 11.9. The fraction of sp³-hybridized carbons (Fsp3) is 0.538. The van der Waals surface area contributed by atoms with Crippen LogP contribution < -0.4 is 0 Å². The van der Waals surface area contributed by atoms with Gasteiger partial charge in [-0.1, -0.05) is 103 Å². The minimum atomic E-state index is -0.0252. The van der Waals surface area contributed by atoms with Crippen LogP contribution in [0.25, 0.3) is 0 Å². The Labute approximate surface area is 217 Å². The van der Waals surface area contributed by atoms with E-state index in [0.717, 1.165) is 12.8 Å². The molecule has 0 bridgehead atoms. The lowest BCUT2D eigenvalue weighted by molar-refractivity contribution is 0.576. The maximum Gasteiger partial charge on any atom is 0.0398 e. The fourth-order valence-corrected chi connectivity index (χ4v) is 7.12. The Morgan fingerprint density at radius 2 is 1.50 bits per heavy atom. The third-order valence-electron chi connectivity index (χ3n) is 6.14. The van der Waals surface area contributed by atoms with Crippen molar-refractivity contribution in [1.82, 2.24) is 0 Å². The lowest BCUT2D eigenvalue weighted by atomic mass is 9.74. The summed E-state index contributed by atoms with van der Waals surface area (Å²) in [5, 5.41) is 1.16. The van der Waals surface area contributed by atoms with Gasteiger partial charge in [0.05, 0.1) is 0 Å². The van der Waals surface area contributed by atoms with E-state index in [4.69, 9.17) is 0 Å². The molecule has 0 nitrogen and oxygen atoms in total. The second kappa shape index (κ2) is 11.1. The van der Waals surface area contributed by atoms with Crippen molar-refractivity contribution in [1.29, 1.82) is 0 Å². The minimum Gasteiger partial charge on any atom is -0.0859 e. The molecular weight excluding hydrogens is 630 g/mol. The van der Waals surface area contributed by atoms with Crippen molar-refractivity contribution >= 4 is 60.3 Å². The first-order chi connectivity index (χ1) is 13.9. The third kappa shape index (κ3) is 6.34. The van der Waals surface area contributed by atoms with Crippen LogP contribution in [0.15, 0.2) is 36.4 Å². The van der Waals surface area contributed by atoms with Crippen LogP contribution in [-0.4, -0.2) is 5.25 Å². The van der Waals surface area contributed by atoms with Crippen molar-refractivity contribution < 1.29 is 0 Å². The highest BCUT2D eigenvalue weighted by molar-refractivity contribution is 14.2. The number of benzene rings is 2. The van der Waals surface area contributed by atoms with Gasteiger partial charge in [-0.2, -0.15) is 0 Å². The van der Waals surface area contributed by atoms with E-state index < -0.39 is 0 Å².